The maximum atomic E-state index is 13.1. The van der Waals surface area contributed by atoms with E-state index >= 15 is 0 Å². The van der Waals surface area contributed by atoms with Crippen LogP contribution in [-0.2, 0) is 6.54 Å². The van der Waals surface area contributed by atoms with Crippen LogP contribution in [0, 0.1) is 5.82 Å². The fraction of sp³-hybridized carbons (Fsp3) is 0.235. The first kappa shape index (κ1) is 15.0. The Hall–Kier alpha value is -2.36. The number of hydrogen-bond acceptors (Lipinski definition) is 2. The molecule has 2 rings (SSSR count). The maximum absolute atomic E-state index is 13.1. The van der Waals surface area contributed by atoms with E-state index in [-0.39, 0.29) is 11.7 Å². The maximum Gasteiger partial charge on any atom is 0.253 e. The van der Waals surface area contributed by atoms with Crippen LogP contribution in [0.4, 0.5) is 10.1 Å². The molecule has 1 amide bonds. The van der Waals surface area contributed by atoms with Gasteiger partial charge in [-0.25, -0.2) is 4.39 Å². The average molecular weight is 286 g/mol. The van der Waals surface area contributed by atoms with Gasteiger partial charge >= 0.3 is 0 Å². The van der Waals surface area contributed by atoms with Crippen molar-refractivity contribution in [3.63, 3.8) is 0 Å². The second kappa shape index (κ2) is 7.43. The lowest BCUT2D eigenvalue weighted by atomic mass is 10.1. The van der Waals surface area contributed by atoms with E-state index in [9.17, 15) is 9.18 Å². The summed E-state index contributed by atoms with van der Waals surface area (Å²) in [6, 6.07) is 13.6. The number of halogens is 1. The molecule has 2 aromatic carbocycles. The second-order valence-corrected chi connectivity index (χ2v) is 4.78. The highest BCUT2D eigenvalue weighted by atomic mass is 19.1. The zero-order valence-electron chi connectivity index (χ0n) is 12.0. The molecule has 2 aromatic rings. The summed E-state index contributed by atoms with van der Waals surface area (Å²) >= 11 is 0. The van der Waals surface area contributed by atoms with Crippen LogP contribution in [-0.4, -0.2) is 12.5 Å². The summed E-state index contributed by atoms with van der Waals surface area (Å²) in [5, 5.41) is 6.04. The molecule has 0 saturated carbocycles. The van der Waals surface area contributed by atoms with Crippen molar-refractivity contribution in [1.82, 2.24) is 5.32 Å². The van der Waals surface area contributed by atoms with Crippen LogP contribution >= 0.6 is 0 Å². The molecule has 110 valence electrons. The molecule has 0 fully saturated rings. The molecular weight excluding hydrogens is 267 g/mol. The fourth-order valence-corrected chi connectivity index (χ4v) is 2.02. The lowest BCUT2D eigenvalue weighted by Crippen LogP contribution is -2.24. The Morgan fingerprint density at radius 2 is 1.95 bits per heavy atom. The third-order valence-corrected chi connectivity index (χ3v) is 3.08. The van der Waals surface area contributed by atoms with Gasteiger partial charge in [0.2, 0.25) is 0 Å². The van der Waals surface area contributed by atoms with Crippen molar-refractivity contribution in [3.05, 3.63) is 65.5 Å². The van der Waals surface area contributed by atoms with Crippen LogP contribution in [0.3, 0.4) is 0 Å². The molecule has 0 aromatic heterocycles. The first-order valence-corrected chi connectivity index (χ1v) is 7.06. The van der Waals surface area contributed by atoms with Crippen LogP contribution < -0.4 is 10.6 Å². The predicted molar refractivity (Wildman–Crippen MR) is 82.8 cm³/mol. The van der Waals surface area contributed by atoms with E-state index in [2.05, 4.69) is 17.6 Å². The Morgan fingerprint density at radius 1 is 1.14 bits per heavy atom. The molecule has 0 heterocycles. The van der Waals surface area contributed by atoms with E-state index < -0.39 is 0 Å². The average Bonchev–Trinajstić information content (AvgIpc) is 2.51. The smallest absolute Gasteiger partial charge is 0.253 e. The minimum Gasteiger partial charge on any atom is -0.384 e. The zero-order chi connectivity index (χ0) is 15.1. The Bertz CT molecular complexity index is 613. The molecule has 0 saturated heterocycles. The van der Waals surface area contributed by atoms with E-state index in [0.717, 1.165) is 24.2 Å². The Morgan fingerprint density at radius 3 is 2.71 bits per heavy atom. The van der Waals surface area contributed by atoms with Gasteiger partial charge in [0, 0.05) is 18.8 Å². The van der Waals surface area contributed by atoms with E-state index in [1.54, 1.807) is 18.2 Å². The normalized spacial score (nSPS) is 10.2. The van der Waals surface area contributed by atoms with Crippen molar-refractivity contribution in [1.29, 1.82) is 0 Å². The molecule has 21 heavy (non-hydrogen) atoms. The summed E-state index contributed by atoms with van der Waals surface area (Å²) in [6.45, 7) is 3.19. The Labute approximate surface area is 124 Å². The summed E-state index contributed by atoms with van der Waals surface area (Å²) in [6.07, 6.45) is 0.985. The third-order valence-electron chi connectivity index (χ3n) is 3.08. The quantitative estimate of drug-likeness (QED) is 0.852. The van der Waals surface area contributed by atoms with Gasteiger partial charge in [0.05, 0.1) is 5.56 Å². The molecule has 0 aliphatic carbocycles. The van der Waals surface area contributed by atoms with Crippen LogP contribution in [0.2, 0.25) is 0 Å². The van der Waals surface area contributed by atoms with Gasteiger partial charge in [0.1, 0.15) is 5.82 Å². The molecule has 2 N–H and O–H groups in total. The molecule has 3 nitrogen and oxygen atoms in total. The summed E-state index contributed by atoms with van der Waals surface area (Å²) in [7, 11) is 0. The topological polar surface area (TPSA) is 41.1 Å². The number of amides is 1. The number of carbonyl (C=O) groups excluding carboxylic acids is 1. The van der Waals surface area contributed by atoms with Gasteiger partial charge < -0.3 is 10.6 Å². The number of anilines is 1. The van der Waals surface area contributed by atoms with Crippen molar-refractivity contribution < 1.29 is 9.18 Å². The summed E-state index contributed by atoms with van der Waals surface area (Å²) in [5.41, 5.74) is 2.15. The van der Waals surface area contributed by atoms with Crippen LogP contribution in [0.1, 0.15) is 29.3 Å². The summed E-state index contributed by atoms with van der Waals surface area (Å²) in [5.74, 6) is -0.467. The third kappa shape index (κ3) is 4.31. The predicted octanol–water partition coefficient (Wildman–Crippen LogP) is 3.58. The first-order valence-electron chi connectivity index (χ1n) is 7.06. The number of carbonyl (C=O) groups is 1. The molecule has 0 spiro atoms. The molecular formula is C17H19FN2O. The molecule has 0 aliphatic heterocycles. The highest BCUT2D eigenvalue weighted by Crippen LogP contribution is 2.15. The minimum absolute atomic E-state index is 0.168. The minimum atomic E-state index is -0.299. The van der Waals surface area contributed by atoms with Crippen LogP contribution in [0.5, 0.6) is 0 Å². The van der Waals surface area contributed by atoms with Crippen molar-refractivity contribution in [3.8, 4) is 0 Å². The van der Waals surface area contributed by atoms with E-state index in [1.807, 2.05) is 18.2 Å². The second-order valence-electron chi connectivity index (χ2n) is 4.78. The number of hydrogen-bond donors (Lipinski definition) is 2. The molecule has 0 radical (unpaired) electrons. The van der Waals surface area contributed by atoms with Gasteiger partial charge in [-0.3, -0.25) is 4.79 Å². The number of rotatable bonds is 6. The highest BCUT2D eigenvalue weighted by molar-refractivity contribution is 5.99. The monoisotopic (exact) mass is 286 g/mol. The molecule has 0 aliphatic rings. The van der Waals surface area contributed by atoms with Crippen molar-refractivity contribution in [2.24, 2.45) is 0 Å². The molecule has 0 atom stereocenters. The van der Waals surface area contributed by atoms with E-state index in [0.29, 0.717) is 12.1 Å². The summed E-state index contributed by atoms with van der Waals surface area (Å²) in [4.78, 5) is 12.2. The first-order chi connectivity index (χ1) is 10.2. The van der Waals surface area contributed by atoms with E-state index in [4.69, 9.17) is 0 Å². The van der Waals surface area contributed by atoms with Crippen molar-refractivity contribution in [2.45, 2.75) is 19.9 Å². The molecule has 0 unspecified atom stereocenters. The van der Waals surface area contributed by atoms with Crippen molar-refractivity contribution in [2.75, 3.05) is 11.9 Å². The van der Waals surface area contributed by atoms with Crippen molar-refractivity contribution >= 4 is 11.6 Å². The van der Waals surface area contributed by atoms with Gasteiger partial charge in [0.15, 0.2) is 0 Å². The molecule has 0 bridgehead atoms. The largest absolute Gasteiger partial charge is 0.384 e. The summed E-state index contributed by atoms with van der Waals surface area (Å²) < 4.78 is 13.1. The Balaban J connectivity index is 2.03. The SMILES string of the molecule is CCCNc1ccccc1C(=O)NCc1cccc(F)c1. The standard InChI is InChI=1S/C17H19FN2O/c1-2-10-19-16-9-4-3-8-15(16)17(21)20-12-13-6-5-7-14(18)11-13/h3-9,11,19H,2,10,12H2,1H3,(H,20,21). The number of para-hydroxylation sites is 1. The zero-order valence-corrected chi connectivity index (χ0v) is 12.0. The van der Waals surface area contributed by atoms with Gasteiger partial charge in [-0.05, 0) is 36.2 Å². The van der Waals surface area contributed by atoms with Gasteiger partial charge in [-0.1, -0.05) is 31.2 Å². The van der Waals surface area contributed by atoms with Crippen LogP contribution in [0.25, 0.3) is 0 Å². The van der Waals surface area contributed by atoms with Gasteiger partial charge in [-0.15, -0.1) is 0 Å². The highest BCUT2D eigenvalue weighted by Gasteiger charge is 2.10. The van der Waals surface area contributed by atoms with Gasteiger partial charge in [-0.2, -0.15) is 0 Å². The lowest BCUT2D eigenvalue weighted by Gasteiger charge is -2.11. The van der Waals surface area contributed by atoms with Gasteiger partial charge in [0.25, 0.3) is 5.91 Å². The lowest BCUT2D eigenvalue weighted by molar-refractivity contribution is 0.0951. The number of benzene rings is 2. The Kier molecular flexibility index (Phi) is 5.32. The number of nitrogens with one attached hydrogen (secondary N) is 2. The van der Waals surface area contributed by atoms with Crippen LogP contribution in [0.15, 0.2) is 48.5 Å². The van der Waals surface area contributed by atoms with E-state index in [1.165, 1.54) is 12.1 Å². The fourth-order valence-electron chi connectivity index (χ4n) is 2.02. The molecule has 4 heteroatoms.